The summed E-state index contributed by atoms with van der Waals surface area (Å²) in [5.74, 6) is -1.26. The van der Waals surface area contributed by atoms with E-state index in [0.717, 1.165) is 16.7 Å². The van der Waals surface area contributed by atoms with Crippen molar-refractivity contribution in [3.8, 4) is 5.75 Å². The molecule has 4 rings (SSSR count). The van der Waals surface area contributed by atoms with Gasteiger partial charge in [-0.3, -0.25) is 18.7 Å². The van der Waals surface area contributed by atoms with Gasteiger partial charge in [0, 0.05) is 25.2 Å². The molecule has 4 aromatic rings. The average molecular weight is 621 g/mol. The van der Waals surface area contributed by atoms with Gasteiger partial charge < -0.3 is 14.0 Å². The van der Waals surface area contributed by atoms with E-state index >= 15 is 0 Å². The fourth-order valence-corrected chi connectivity index (χ4v) is 5.45. The predicted octanol–water partition coefficient (Wildman–Crippen LogP) is 5.56. The molecule has 1 unspecified atom stereocenters. The molecule has 0 saturated heterocycles. The van der Waals surface area contributed by atoms with Crippen molar-refractivity contribution in [2.24, 2.45) is 7.05 Å². The molecule has 2 heterocycles. The fourth-order valence-electron chi connectivity index (χ4n) is 5.33. The Morgan fingerprint density at radius 2 is 1.70 bits per heavy atom. The van der Waals surface area contributed by atoms with Crippen molar-refractivity contribution < 1.29 is 27.4 Å². The van der Waals surface area contributed by atoms with Crippen molar-refractivity contribution in [3.05, 3.63) is 91.3 Å². The van der Waals surface area contributed by atoms with E-state index < -0.39 is 34.7 Å². The van der Waals surface area contributed by atoms with Crippen molar-refractivity contribution in [1.29, 1.82) is 0 Å². The summed E-state index contributed by atoms with van der Waals surface area (Å²) in [5, 5.41) is 0.487. The molecule has 0 aliphatic rings. The monoisotopic (exact) mass is 620 g/mol. The highest BCUT2D eigenvalue weighted by Crippen LogP contribution is 2.41. The van der Waals surface area contributed by atoms with Gasteiger partial charge in [0.25, 0.3) is 5.56 Å². The number of halogens is 4. The van der Waals surface area contributed by atoms with Gasteiger partial charge in [-0.05, 0) is 55.2 Å². The van der Waals surface area contributed by atoms with Crippen molar-refractivity contribution in [1.82, 2.24) is 18.7 Å². The highest BCUT2D eigenvalue weighted by molar-refractivity contribution is 6.30. The summed E-state index contributed by atoms with van der Waals surface area (Å²) in [6, 6.07) is 11.9. The molecule has 0 N–H and O–H groups in total. The normalized spacial score (nSPS) is 13.2. The molecule has 0 radical (unpaired) electrons. The Labute approximate surface area is 250 Å². The van der Waals surface area contributed by atoms with Crippen LogP contribution in [0.15, 0.2) is 58.1 Å². The summed E-state index contributed by atoms with van der Waals surface area (Å²) in [7, 11) is 1.48. The first-order valence-electron chi connectivity index (χ1n) is 13.9. The predicted molar refractivity (Wildman–Crippen MR) is 156 cm³/mol. The van der Waals surface area contributed by atoms with Gasteiger partial charge in [0.1, 0.15) is 11.6 Å². The summed E-state index contributed by atoms with van der Waals surface area (Å²) < 4.78 is 53.3. The molecule has 0 fully saturated rings. The van der Waals surface area contributed by atoms with E-state index in [0.29, 0.717) is 23.4 Å². The molecule has 0 aliphatic heterocycles. The van der Waals surface area contributed by atoms with Crippen LogP contribution >= 0.6 is 11.6 Å². The third kappa shape index (κ3) is 6.20. The number of fused-ring (bicyclic) bond motifs is 1. The van der Waals surface area contributed by atoms with E-state index in [1.54, 1.807) is 42.7 Å². The molecule has 43 heavy (non-hydrogen) atoms. The van der Waals surface area contributed by atoms with Crippen LogP contribution in [-0.4, -0.2) is 37.6 Å². The number of alkyl halides is 3. The number of carbonyl (C=O) groups is 1. The molecule has 0 amide bonds. The van der Waals surface area contributed by atoms with Gasteiger partial charge in [0.15, 0.2) is 16.6 Å². The first kappa shape index (κ1) is 31.9. The van der Waals surface area contributed by atoms with Crippen LogP contribution in [0.1, 0.15) is 57.0 Å². The van der Waals surface area contributed by atoms with Crippen LogP contribution in [0.2, 0.25) is 5.02 Å². The van der Waals surface area contributed by atoms with Crippen LogP contribution in [-0.2, 0) is 35.1 Å². The second kappa shape index (κ2) is 12.7. The van der Waals surface area contributed by atoms with Gasteiger partial charge in [-0.15, -0.1) is 13.2 Å². The summed E-state index contributed by atoms with van der Waals surface area (Å²) in [6.45, 7) is 5.41. The highest BCUT2D eigenvalue weighted by Gasteiger charge is 2.48. The van der Waals surface area contributed by atoms with Gasteiger partial charge in [-0.1, -0.05) is 56.1 Å². The Kier molecular flexibility index (Phi) is 9.38. The minimum Gasteiger partial charge on any atom is -0.465 e. The van der Waals surface area contributed by atoms with E-state index in [4.69, 9.17) is 21.3 Å². The molecule has 0 spiro atoms. The van der Waals surface area contributed by atoms with Gasteiger partial charge in [-0.2, -0.15) is 0 Å². The zero-order chi connectivity index (χ0) is 31.5. The maximum atomic E-state index is 14.1. The second-order valence-corrected chi connectivity index (χ2v) is 10.5. The van der Waals surface area contributed by atoms with E-state index in [1.807, 2.05) is 6.92 Å². The van der Waals surface area contributed by atoms with Gasteiger partial charge in [0.2, 0.25) is 0 Å². The number of hydrogen-bond acceptors (Lipinski definition) is 6. The minimum absolute atomic E-state index is 0.0256. The van der Waals surface area contributed by atoms with Gasteiger partial charge in [0.05, 0.1) is 6.61 Å². The van der Waals surface area contributed by atoms with E-state index in [1.165, 1.54) is 23.7 Å². The lowest BCUT2D eigenvalue weighted by Crippen LogP contribution is -2.42. The van der Waals surface area contributed by atoms with Gasteiger partial charge in [-0.25, -0.2) is 9.78 Å². The van der Waals surface area contributed by atoms with Crippen LogP contribution in [0.5, 0.6) is 5.75 Å². The third-order valence-electron chi connectivity index (χ3n) is 7.12. The molecule has 230 valence electrons. The standard InChI is InChI=1S/C30H32ClF3N4O5/c1-5-15-29(27(40)42-7-3,20-9-8-10-22(17-20)43-30(32,33)34)26-35-24-23(25(39)37(16-6-2)28(41)36(24)4)38(26)18-19-11-13-21(31)14-12-19/h8-14,17H,5-7,15-16,18H2,1-4H3. The minimum atomic E-state index is -4.97. The Morgan fingerprint density at radius 3 is 2.30 bits per heavy atom. The number of rotatable bonds is 11. The molecule has 2 aromatic carbocycles. The van der Waals surface area contributed by atoms with E-state index in [2.05, 4.69) is 4.74 Å². The van der Waals surface area contributed by atoms with Gasteiger partial charge >= 0.3 is 18.0 Å². The smallest absolute Gasteiger partial charge is 0.465 e. The maximum Gasteiger partial charge on any atom is 0.573 e. The number of aromatic nitrogens is 4. The highest BCUT2D eigenvalue weighted by atomic mass is 35.5. The summed E-state index contributed by atoms with van der Waals surface area (Å²) in [6.07, 6.45) is -4.03. The van der Waals surface area contributed by atoms with Crippen LogP contribution in [0, 0.1) is 0 Å². The lowest BCUT2D eigenvalue weighted by molar-refractivity contribution is -0.274. The third-order valence-corrected chi connectivity index (χ3v) is 7.38. The number of ether oxygens (including phenoxy) is 2. The number of nitrogens with zero attached hydrogens (tertiary/aromatic N) is 4. The van der Waals surface area contributed by atoms with E-state index in [-0.39, 0.29) is 48.7 Å². The quantitative estimate of drug-likeness (QED) is 0.204. The van der Waals surface area contributed by atoms with Crippen molar-refractivity contribution >= 4 is 28.7 Å². The lowest BCUT2D eigenvalue weighted by Gasteiger charge is -2.32. The Balaban J connectivity index is 2.16. The summed E-state index contributed by atoms with van der Waals surface area (Å²) in [5.41, 5.74) is -2.05. The fraction of sp³-hybridized carbons (Fsp3) is 0.400. The Morgan fingerprint density at radius 1 is 1.00 bits per heavy atom. The molecule has 2 aromatic heterocycles. The molecule has 0 aliphatic carbocycles. The molecule has 9 nitrogen and oxygen atoms in total. The van der Waals surface area contributed by atoms with E-state index in [9.17, 15) is 27.6 Å². The average Bonchev–Trinajstić information content (AvgIpc) is 3.33. The molecular weight excluding hydrogens is 589 g/mol. The number of esters is 1. The van der Waals surface area contributed by atoms with Crippen LogP contribution in [0.4, 0.5) is 13.2 Å². The maximum absolute atomic E-state index is 14.1. The second-order valence-electron chi connectivity index (χ2n) is 10.1. The molecule has 0 bridgehead atoms. The first-order chi connectivity index (χ1) is 20.4. The Bertz CT molecular complexity index is 1740. The zero-order valence-corrected chi connectivity index (χ0v) is 25.0. The number of aryl methyl sites for hydroxylation is 1. The molecular formula is C30H32ClF3N4O5. The summed E-state index contributed by atoms with van der Waals surface area (Å²) >= 11 is 6.11. The van der Waals surface area contributed by atoms with Crippen molar-refractivity contribution in [2.75, 3.05) is 6.61 Å². The van der Waals surface area contributed by atoms with Crippen molar-refractivity contribution in [3.63, 3.8) is 0 Å². The lowest BCUT2D eigenvalue weighted by atomic mass is 9.75. The topological polar surface area (TPSA) is 97.3 Å². The zero-order valence-electron chi connectivity index (χ0n) is 24.2. The SMILES string of the molecule is CCCn1c(=O)c2c(nc(C(CCC)(C(=O)OCC)c3cccc(OC(F)(F)F)c3)n2Cc2ccc(Cl)cc2)n(C)c1=O. The largest absolute Gasteiger partial charge is 0.573 e. The number of benzene rings is 2. The molecule has 0 saturated carbocycles. The molecule has 1 atom stereocenters. The number of imidazole rings is 1. The summed E-state index contributed by atoms with van der Waals surface area (Å²) in [4.78, 5) is 45.9. The van der Waals surface area contributed by atoms with Crippen LogP contribution < -0.4 is 16.0 Å². The Hall–Kier alpha value is -4.06. The van der Waals surface area contributed by atoms with Crippen molar-refractivity contribution in [2.45, 2.75) is 64.9 Å². The molecule has 13 heteroatoms. The van der Waals surface area contributed by atoms with Crippen LogP contribution in [0.3, 0.4) is 0 Å². The number of hydrogen-bond donors (Lipinski definition) is 0. The number of carbonyl (C=O) groups excluding carboxylic acids is 1. The van der Waals surface area contributed by atoms with Crippen LogP contribution in [0.25, 0.3) is 11.2 Å². The first-order valence-corrected chi connectivity index (χ1v) is 14.2.